The minimum atomic E-state index is -0.379. The van der Waals surface area contributed by atoms with Gasteiger partial charge in [0, 0.05) is 12.6 Å². The number of anilines is 1. The van der Waals surface area contributed by atoms with Gasteiger partial charge in [0.25, 0.3) is 5.91 Å². The van der Waals surface area contributed by atoms with Crippen molar-refractivity contribution in [2.75, 3.05) is 26.6 Å². The summed E-state index contributed by atoms with van der Waals surface area (Å²) in [5.41, 5.74) is 2.48. The molecule has 1 aromatic carbocycles. The summed E-state index contributed by atoms with van der Waals surface area (Å²) in [5, 5.41) is 8.46. The number of methoxy groups -OCH3 is 3. The third-order valence-corrected chi connectivity index (χ3v) is 5.03. The van der Waals surface area contributed by atoms with E-state index in [0.29, 0.717) is 50.4 Å². The molecule has 0 saturated heterocycles. The van der Waals surface area contributed by atoms with Gasteiger partial charge in [-0.15, -0.1) is 0 Å². The number of benzene rings is 1. The van der Waals surface area contributed by atoms with Gasteiger partial charge in [0.1, 0.15) is 0 Å². The van der Waals surface area contributed by atoms with Crippen molar-refractivity contribution in [1.29, 1.82) is 0 Å². The van der Waals surface area contributed by atoms with Crippen molar-refractivity contribution >= 4 is 34.4 Å². The molecule has 2 heterocycles. The fourth-order valence-corrected chi connectivity index (χ4v) is 3.19. The van der Waals surface area contributed by atoms with E-state index in [9.17, 15) is 4.79 Å². The Balaban J connectivity index is 2.06. The number of rotatable bonds is 5. The average Bonchev–Trinajstić information content (AvgIpc) is 2.99. The first kappa shape index (κ1) is 19.8. The number of fused-ring (bicyclic) bond motifs is 1. The highest BCUT2D eigenvalue weighted by molar-refractivity contribution is 6.33. The van der Waals surface area contributed by atoms with Gasteiger partial charge in [-0.1, -0.05) is 11.6 Å². The molecule has 0 aliphatic carbocycles. The van der Waals surface area contributed by atoms with Gasteiger partial charge in [0.05, 0.1) is 37.4 Å². The van der Waals surface area contributed by atoms with Gasteiger partial charge in [-0.05, 0) is 31.5 Å². The number of aryl methyl sites for hydroxylation is 3. The number of amides is 1. The molecule has 8 nitrogen and oxygen atoms in total. The lowest BCUT2D eigenvalue weighted by atomic mass is 10.1. The molecule has 3 aromatic rings. The first-order chi connectivity index (χ1) is 13.3. The van der Waals surface area contributed by atoms with E-state index in [1.54, 1.807) is 23.9 Å². The van der Waals surface area contributed by atoms with Crippen LogP contribution in [0.25, 0.3) is 11.0 Å². The van der Waals surface area contributed by atoms with Crippen LogP contribution in [0.15, 0.2) is 12.1 Å². The van der Waals surface area contributed by atoms with E-state index in [4.69, 9.17) is 25.8 Å². The van der Waals surface area contributed by atoms with Crippen molar-refractivity contribution in [3.05, 3.63) is 34.0 Å². The number of hydrogen-bond acceptors (Lipinski definition) is 6. The second kappa shape index (κ2) is 7.55. The summed E-state index contributed by atoms with van der Waals surface area (Å²) >= 11 is 6.34. The fourth-order valence-electron chi connectivity index (χ4n) is 3.06. The van der Waals surface area contributed by atoms with Crippen LogP contribution in [-0.4, -0.2) is 42.0 Å². The smallest absolute Gasteiger partial charge is 0.257 e. The zero-order valence-electron chi connectivity index (χ0n) is 16.5. The van der Waals surface area contributed by atoms with Crippen molar-refractivity contribution in [3.63, 3.8) is 0 Å². The zero-order chi connectivity index (χ0) is 20.6. The van der Waals surface area contributed by atoms with Gasteiger partial charge >= 0.3 is 0 Å². The summed E-state index contributed by atoms with van der Waals surface area (Å²) in [5.74, 6) is 1.18. The molecule has 0 saturated carbocycles. The first-order valence-electron chi connectivity index (χ1n) is 8.43. The maximum absolute atomic E-state index is 12.9. The van der Waals surface area contributed by atoms with E-state index >= 15 is 0 Å². The number of pyridine rings is 1. The summed E-state index contributed by atoms with van der Waals surface area (Å²) in [6.07, 6.45) is 0. The summed E-state index contributed by atoms with van der Waals surface area (Å²) in [6.45, 7) is 3.70. The van der Waals surface area contributed by atoms with Gasteiger partial charge in [0.2, 0.25) is 5.75 Å². The highest BCUT2D eigenvalue weighted by Crippen LogP contribution is 2.38. The maximum atomic E-state index is 12.9. The highest BCUT2D eigenvalue weighted by atomic mass is 35.5. The van der Waals surface area contributed by atoms with E-state index < -0.39 is 0 Å². The van der Waals surface area contributed by atoms with Crippen LogP contribution in [0.3, 0.4) is 0 Å². The van der Waals surface area contributed by atoms with Gasteiger partial charge in [-0.2, -0.15) is 5.10 Å². The summed E-state index contributed by atoms with van der Waals surface area (Å²) in [4.78, 5) is 17.4. The number of hydrogen-bond donors (Lipinski definition) is 1. The quantitative estimate of drug-likeness (QED) is 0.700. The summed E-state index contributed by atoms with van der Waals surface area (Å²) < 4.78 is 17.5. The molecule has 9 heteroatoms. The molecule has 0 fully saturated rings. The number of carbonyl (C=O) groups is 1. The third-order valence-electron chi connectivity index (χ3n) is 4.47. The number of carbonyl (C=O) groups excluding carboxylic acids is 1. The lowest BCUT2D eigenvalue weighted by Crippen LogP contribution is -2.13. The number of ether oxygens (including phenoxy) is 3. The summed E-state index contributed by atoms with van der Waals surface area (Å²) in [7, 11) is 6.24. The molecule has 148 valence electrons. The van der Waals surface area contributed by atoms with E-state index in [0.717, 1.165) is 5.56 Å². The van der Waals surface area contributed by atoms with E-state index in [-0.39, 0.29) is 5.91 Å². The number of nitrogens with zero attached hydrogens (tertiary/aromatic N) is 3. The minimum Gasteiger partial charge on any atom is -0.493 e. The summed E-state index contributed by atoms with van der Waals surface area (Å²) in [6, 6.07) is 3.15. The fraction of sp³-hybridized carbons (Fsp3) is 0.316. The Morgan fingerprint density at radius 3 is 2.25 bits per heavy atom. The van der Waals surface area contributed by atoms with Crippen LogP contribution in [-0.2, 0) is 7.05 Å². The van der Waals surface area contributed by atoms with Crippen molar-refractivity contribution in [2.24, 2.45) is 7.05 Å². The molecule has 0 atom stereocenters. The molecule has 1 amide bonds. The first-order valence-corrected chi connectivity index (χ1v) is 8.80. The topological polar surface area (TPSA) is 87.5 Å². The Bertz CT molecular complexity index is 1050. The van der Waals surface area contributed by atoms with Gasteiger partial charge in [0.15, 0.2) is 23.0 Å². The molecule has 0 radical (unpaired) electrons. The second-order valence-electron chi connectivity index (χ2n) is 6.18. The average molecular weight is 405 g/mol. The third kappa shape index (κ3) is 3.20. The molecular weight excluding hydrogens is 384 g/mol. The molecule has 0 spiro atoms. The van der Waals surface area contributed by atoms with E-state index in [2.05, 4.69) is 15.4 Å². The molecule has 2 aromatic heterocycles. The molecule has 28 heavy (non-hydrogen) atoms. The predicted molar refractivity (Wildman–Crippen MR) is 107 cm³/mol. The Morgan fingerprint density at radius 1 is 1.11 bits per heavy atom. The lowest BCUT2D eigenvalue weighted by Gasteiger charge is -2.14. The van der Waals surface area contributed by atoms with Gasteiger partial charge < -0.3 is 19.5 Å². The SMILES string of the molecule is COc1cc(C(=O)Nc2nn(C)c3nc(C)c(Cl)c(C)c23)cc(OC)c1OC. The molecule has 1 N–H and O–H groups in total. The molecule has 3 rings (SSSR count). The number of aromatic nitrogens is 3. The number of halogens is 1. The van der Waals surface area contributed by atoms with E-state index in [1.165, 1.54) is 21.3 Å². The van der Waals surface area contributed by atoms with Crippen molar-refractivity contribution in [1.82, 2.24) is 14.8 Å². The molecule has 0 aliphatic heterocycles. The highest BCUT2D eigenvalue weighted by Gasteiger charge is 2.21. The maximum Gasteiger partial charge on any atom is 0.257 e. The Morgan fingerprint density at radius 2 is 1.71 bits per heavy atom. The molecular formula is C19H21ClN4O4. The van der Waals surface area contributed by atoms with Crippen molar-refractivity contribution in [2.45, 2.75) is 13.8 Å². The number of nitrogens with one attached hydrogen (secondary N) is 1. The normalized spacial score (nSPS) is 10.8. The minimum absolute atomic E-state index is 0.331. The largest absolute Gasteiger partial charge is 0.493 e. The van der Waals surface area contributed by atoms with Crippen molar-refractivity contribution < 1.29 is 19.0 Å². The molecule has 0 aliphatic rings. The molecule has 0 unspecified atom stereocenters. The Hall–Kier alpha value is -3.00. The van der Waals surface area contributed by atoms with Gasteiger partial charge in [-0.25, -0.2) is 9.67 Å². The van der Waals surface area contributed by atoms with Crippen LogP contribution in [0.4, 0.5) is 5.82 Å². The van der Waals surface area contributed by atoms with Crippen LogP contribution in [0.2, 0.25) is 5.02 Å². The standard InChI is InChI=1S/C19H21ClN4O4/c1-9-14-17(23-24(3)18(14)21-10(2)15(9)20)22-19(25)11-7-12(26-4)16(28-6)13(8-11)27-5/h7-8H,1-6H3,(H,22,23,25). The second-order valence-corrected chi connectivity index (χ2v) is 6.55. The van der Waals surface area contributed by atoms with Crippen molar-refractivity contribution in [3.8, 4) is 17.2 Å². The van der Waals surface area contributed by atoms with Gasteiger partial charge in [-0.3, -0.25) is 4.79 Å². The monoisotopic (exact) mass is 404 g/mol. The van der Waals surface area contributed by atoms with Crippen LogP contribution in [0.1, 0.15) is 21.6 Å². The Labute approximate surface area is 167 Å². The van der Waals surface area contributed by atoms with Crippen LogP contribution in [0.5, 0.6) is 17.2 Å². The zero-order valence-corrected chi connectivity index (χ0v) is 17.3. The molecule has 0 bridgehead atoms. The Kier molecular flexibility index (Phi) is 5.33. The lowest BCUT2D eigenvalue weighted by molar-refractivity contribution is 0.102. The van der Waals surface area contributed by atoms with E-state index in [1.807, 2.05) is 13.8 Å². The van der Waals surface area contributed by atoms with Crippen LogP contribution in [0, 0.1) is 13.8 Å². The van der Waals surface area contributed by atoms with Crippen LogP contribution < -0.4 is 19.5 Å². The predicted octanol–water partition coefficient (Wildman–Crippen LogP) is 3.52. The van der Waals surface area contributed by atoms with Crippen LogP contribution >= 0.6 is 11.6 Å².